The van der Waals surface area contributed by atoms with Crippen LogP contribution < -0.4 is 10.5 Å². The maximum atomic E-state index is 12.6. The number of carbonyl (C=O) groups excluding carboxylic acids is 2. The first-order chi connectivity index (χ1) is 12.6. The van der Waals surface area contributed by atoms with Crippen molar-refractivity contribution in [2.75, 3.05) is 13.7 Å². The van der Waals surface area contributed by atoms with E-state index in [-0.39, 0.29) is 30.4 Å². The molecule has 1 aliphatic carbocycles. The summed E-state index contributed by atoms with van der Waals surface area (Å²) in [7, 11) is 2.35. The first-order valence-electron chi connectivity index (χ1n) is 10.7. The van der Waals surface area contributed by atoms with E-state index in [4.69, 9.17) is 4.74 Å². The third-order valence-electron chi connectivity index (χ3n) is 5.65. The van der Waals surface area contributed by atoms with Crippen LogP contribution >= 0.6 is 0 Å². The molecule has 6 heteroatoms. The lowest BCUT2D eigenvalue weighted by Crippen LogP contribution is -2.39. The molecule has 2 unspecified atom stereocenters. The van der Waals surface area contributed by atoms with E-state index in [0.717, 1.165) is 33.1 Å². The lowest BCUT2D eigenvalue weighted by atomic mass is 9.68. The molecule has 0 radical (unpaired) electrons. The Hall–Kier alpha value is -1.04. The van der Waals surface area contributed by atoms with Crippen LogP contribution in [-0.4, -0.2) is 39.0 Å². The molecule has 0 aliphatic heterocycles. The van der Waals surface area contributed by atoms with Crippen LogP contribution in [0.2, 0.25) is 5.82 Å². The second-order valence-electron chi connectivity index (χ2n) is 7.74. The molecule has 0 aromatic carbocycles. The number of nitrogens with one attached hydrogen (secondary N) is 2. The van der Waals surface area contributed by atoms with Gasteiger partial charge in [0.25, 0.3) is 0 Å². The van der Waals surface area contributed by atoms with Gasteiger partial charge < -0.3 is 15.3 Å². The maximum absolute atomic E-state index is 12.6. The number of amides is 2. The zero-order valence-electron chi connectivity index (χ0n) is 17.1. The Morgan fingerprint density at radius 2 is 1.69 bits per heavy atom. The Labute approximate surface area is 160 Å². The minimum Gasteiger partial charge on any atom is -0.402 e. The van der Waals surface area contributed by atoms with Crippen molar-refractivity contribution in [1.82, 2.24) is 10.5 Å². The molecule has 0 saturated heterocycles. The van der Waals surface area contributed by atoms with Crippen LogP contribution in [0.5, 0.6) is 0 Å². The minimum absolute atomic E-state index is 0.0388. The van der Waals surface area contributed by atoms with Crippen LogP contribution in [-0.2, 0) is 14.3 Å². The third-order valence-corrected chi connectivity index (χ3v) is 5.65. The van der Waals surface area contributed by atoms with Crippen molar-refractivity contribution < 1.29 is 14.3 Å². The fraction of sp³-hybridized carbons (Fsp3) is 0.900. The second-order valence-corrected chi connectivity index (χ2v) is 7.74. The lowest BCUT2D eigenvalue weighted by molar-refractivity contribution is -0.125. The van der Waals surface area contributed by atoms with Crippen molar-refractivity contribution in [3.63, 3.8) is 0 Å². The lowest BCUT2D eigenvalue weighted by Gasteiger charge is -2.22. The number of methoxy groups -OCH3 is 1. The molecule has 2 N–H and O–H groups in total. The molecule has 150 valence electrons. The Morgan fingerprint density at radius 3 is 2.27 bits per heavy atom. The summed E-state index contributed by atoms with van der Waals surface area (Å²) in [5.41, 5.74) is 0. The normalized spacial score (nSPS) is 18.3. The highest BCUT2D eigenvalue weighted by molar-refractivity contribution is 6.39. The highest BCUT2D eigenvalue weighted by atomic mass is 16.5. The second kappa shape index (κ2) is 14.1. The molecule has 2 atom stereocenters. The zero-order chi connectivity index (χ0) is 19.2. The Kier molecular flexibility index (Phi) is 12.5. The number of hydrogen-bond donors (Lipinski definition) is 2. The smallest absolute Gasteiger partial charge is 0.246 e. The topological polar surface area (TPSA) is 67.4 Å². The van der Waals surface area contributed by atoms with Crippen molar-refractivity contribution in [2.24, 2.45) is 5.92 Å². The Morgan fingerprint density at radius 1 is 1.04 bits per heavy atom. The molecule has 0 bridgehead atoms. The van der Waals surface area contributed by atoms with E-state index < -0.39 is 0 Å². The molecule has 1 saturated carbocycles. The molecule has 1 aliphatic rings. The van der Waals surface area contributed by atoms with Crippen LogP contribution in [0, 0.1) is 5.92 Å². The van der Waals surface area contributed by atoms with Crippen LogP contribution in [0.4, 0.5) is 0 Å². The third kappa shape index (κ3) is 9.60. The van der Waals surface area contributed by atoms with Crippen LogP contribution in [0.25, 0.3) is 0 Å². The number of rotatable bonds is 11. The largest absolute Gasteiger partial charge is 0.402 e. The predicted molar refractivity (Wildman–Crippen MR) is 108 cm³/mol. The van der Waals surface area contributed by atoms with Crippen molar-refractivity contribution in [3.8, 4) is 0 Å². The molecule has 1 rings (SSSR count). The van der Waals surface area contributed by atoms with Gasteiger partial charge in [0.1, 0.15) is 6.61 Å². The van der Waals surface area contributed by atoms with E-state index in [0.29, 0.717) is 5.82 Å². The quantitative estimate of drug-likeness (QED) is 0.551. The first kappa shape index (κ1) is 23.0. The SMILES string of the molecule is CCC(CCC(CC)C(=O)NBC1CCCCCCC1)NC(=O)COC. The molecule has 0 aromatic heterocycles. The zero-order valence-corrected chi connectivity index (χ0v) is 17.1. The van der Waals surface area contributed by atoms with Gasteiger partial charge in [-0.15, -0.1) is 0 Å². The number of hydrogen-bond acceptors (Lipinski definition) is 3. The molecule has 2 amide bonds. The van der Waals surface area contributed by atoms with Gasteiger partial charge in [0.15, 0.2) is 0 Å². The first-order valence-corrected chi connectivity index (χ1v) is 10.7. The fourth-order valence-electron chi connectivity index (χ4n) is 3.84. The summed E-state index contributed by atoms with van der Waals surface area (Å²) in [4.78, 5) is 24.3. The Bertz CT molecular complexity index is 399. The predicted octanol–water partition coefficient (Wildman–Crippen LogP) is 3.33. The maximum Gasteiger partial charge on any atom is 0.246 e. The van der Waals surface area contributed by atoms with Gasteiger partial charge in [-0.1, -0.05) is 58.8 Å². The highest BCUT2D eigenvalue weighted by Gasteiger charge is 2.21. The van der Waals surface area contributed by atoms with E-state index in [1.54, 1.807) is 0 Å². The van der Waals surface area contributed by atoms with Gasteiger partial charge in [-0.3, -0.25) is 9.59 Å². The standard InChI is InChI=1S/C20H39BN2O3/c1-4-16(13-14-18(5-2)22-19(24)15-26-3)20(25)23-21-17-11-9-7-6-8-10-12-17/h16-18,21H,4-15H2,1-3H3,(H,22,24)(H,23,25). The van der Waals surface area contributed by atoms with Gasteiger partial charge in [0, 0.05) is 19.1 Å². The number of carbonyl (C=O) groups is 2. The van der Waals surface area contributed by atoms with Gasteiger partial charge in [0.2, 0.25) is 19.2 Å². The van der Waals surface area contributed by atoms with Crippen LogP contribution in [0.1, 0.15) is 84.5 Å². The monoisotopic (exact) mass is 366 g/mol. The van der Waals surface area contributed by atoms with Crippen molar-refractivity contribution in [3.05, 3.63) is 0 Å². The molecule has 0 heterocycles. The van der Waals surface area contributed by atoms with E-state index in [1.807, 2.05) is 0 Å². The van der Waals surface area contributed by atoms with Gasteiger partial charge >= 0.3 is 0 Å². The van der Waals surface area contributed by atoms with Crippen molar-refractivity contribution in [1.29, 1.82) is 0 Å². The summed E-state index contributed by atoms with van der Waals surface area (Å²) >= 11 is 0. The molecular formula is C20H39BN2O3. The van der Waals surface area contributed by atoms with Crippen molar-refractivity contribution in [2.45, 2.75) is 96.3 Å². The van der Waals surface area contributed by atoms with Gasteiger partial charge in [0.05, 0.1) is 0 Å². The van der Waals surface area contributed by atoms with E-state index in [1.165, 1.54) is 52.1 Å². The summed E-state index contributed by atoms with van der Waals surface area (Å²) in [6, 6.07) is 0.116. The van der Waals surface area contributed by atoms with Crippen molar-refractivity contribution >= 4 is 19.2 Å². The minimum atomic E-state index is -0.0823. The average molecular weight is 366 g/mol. The summed E-state index contributed by atoms with van der Waals surface area (Å²) in [6.07, 6.45) is 12.5. The van der Waals surface area contributed by atoms with E-state index in [9.17, 15) is 9.59 Å². The molecule has 26 heavy (non-hydrogen) atoms. The summed E-state index contributed by atoms with van der Waals surface area (Å²) in [5.74, 6) is 0.791. The molecule has 5 nitrogen and oxygen atoms in total. The summed E-state index contributed by atoms with van der Waals surface area (Å²) in [6.45, 7) is 4.23. The molecular weight excluding hydrogens is 327 g/mol. The van der Waals surface area contributed by atoms with E-state index >= 15 is 0 Å². The fourth-order valence-corrected chi connectivity index (χ4v) is 3.84. The van der Waals surface area contributed by atoms with Crippen LogP contribution in [0.3, 0.4) is 0 Å². The molecule has 1 fully saturated rings. The summed E-state index contributed by atoms with van der Waals surface area (Å²) < 4.78 is 4.86. The van der Waals surface area contributed by atoms with Crippen LogP contribution in [0.15, 0.2) is 0 Å². The average Bonchev–Trinajstić information content (AvgIpc) is 2.60. The summed E-state index contributed by atoms with van der Waals surface area (Å²) in [5, 5.41) is 6.20. The highest BCUT2D eigenvalue weighted by Crippen LogP contribution is 2.25. The number of ether oxygens (including phenoxy) is 1. The van der Waals surface area contributed by atoms with Gasteiger partial charge in [-0.05, 0) is 31.5 Å². The Balaban J connectivity index is 2.35. The van der Waals surface area contributed by atoms with E-state index in [2.05, 4.69) is 24.4 Å². The van der Waals surface area contributed by atoms with Gasteiger partial charge in [-0.2, -0.15) is 0 Å². The van der Waals surface area contributed by atoms with Gasteiger partial charge in [-0.25, -0.2) is 0 Å². The molecule has 0 spiro atoms. The molecule has 0 aromatic rings.